The SMILES string of the molecule is C[C@]12CC[C@H](O)CC1=CC[C@@H]1[C@@H]2CC[C@]2(C)/C(=N/N)CC[C@@H]12. The number of allylic oxidation sites excluding steroid dienone is 1. The van der Waals surface area contributed by atoms with Gasteiger partial charge in [0.15, 0.2) is 0 Å². The van der Waals surface area contributed by atoms with Crippen molar-refractivity contribution >= 4 is 5.71 Å². The monoisotopic (exact) mass is 302 g/mol. The lowest BCUT2D eigenvalue weighted by Gasteiger charge is -2.57. The van der Waals surface area contributed by atoms with E-state index in [1.54, 1.807) is 5.57 Å². The van der Waals surface area contributed by atoms with Crippen molar-refractivity contribution in [1.29, 1.82) is 0 Å². The average molecular weight is 302 g/mol. The molecule has 3 nitrogen and oxygen atoms in total. The second kappa shape index (κ2) is 4.83. The molecule has 0 aromatic carbocycles. The minimum absolute atomic E-state index is 0.104. The molecule has 0 heterocycles. The van der Waals surface area contributed by atoms with Crippen molar-refractivity contribution < 1.29 is 5.11 Å². The number of hydrogen-bond acceptors (Lipinski definition) is 3. The fraction of sp³-hybridized carbons (Fsp3) is 0.842. The van der Waals surface area contributed by atoms with Gasteiger partial charge in [-0.25, -0.2) is 0 Å². The molecule has 0 aliphatic heterocycles. The number of aliphatic hydroxyl groups is 1. The van der Waals surface area contributed by atoms with E-state index in [4.69, 9.17) is 5.84 Å². The predicted octanol–water partition coefficient (Wildman–Crippen LogP) is 3.62. The molecule has 4 aliphatic rings. The zero-order valence-corrected chi connectivity index (χ0v) is 14.0. The minimum atomic E-state index is -0.104. The molecule has 0 amide bonds. The Morgan fingerprint density at radius 1 is 1.14 bits per heavy atom. The topological polar surface area (TPSA) is 58.6 Å². The number of hydrazone groups is 1. The molecule has 0 bridgehead atoms. The van der Waals surface area contributed by atoms with Crippen LogP contribution < -0.4 is 5.84 Å². The summed E-state index contributed by atoms with van der Waals surface area (Å²) in [6, 6.07) is 0. The molecule has 22 heavy (non-hydrogen) atoms. The normalized spacial score (nSPS) is 52.7. The maximum absolute atomic E-state index is 10.0. The van der Waals surface area contributed by atoms with Gasteiger partial charge in [-0.1, -0.05) is 25.5 Å². The Hall–Kier alpha value is -0.830. The van der Waals surface area contributed by atoms with Gasteiger partial charge in [0, 0.05) is 11.1 Å². The first-order chi connectivity index (χ1) is 10.5. The van der Waals surface area contributed by atoms with Crippen LogP contribution in [0.4, 0.5) is 0 Å². The summed E-state index contributed by atoms with van der Waals surface area (Å²) < 4.78 is 0. The van der Waals surface area contributed by atoms with Crippen LogP contribution in [0.3, 0.4) is 0 Å². The summed E-state index contributed by atoms with van der Waals surface area (Å²) >= 11 is 0. The molecule has 0 saturated heterocycles. The summed E-state index contributed by atoms with van der Waals surface area (Å²) in [5.74, 6) is 8.04. The smallest absolute Gasteiger partial charge is 0.0577 e. The van der Waals surface area contributed by atoms with Gasteiger partial charge in [-0.15, -0.1) is 0 Å². The van der Waals surface area contributed by atoms with E-state index in [9.17, 15) is 5.11 Å². The van der Waals surface area contributed by atoms with Crippen molar-refractivity contribution in [2.24, 2.45) is 39.5 Å². The second-order valence-electron chi connectivity index (χ2n) is 8.73. The van der Waals surface area contributed by atoms with E-state index in [-0.39, 0.29) is 11.5 Å². The van der Waals surface area contributed by atoms with Gasteiger partial charge in [0.2, 0.25) is 0 Å². The number of aliphatic hydroxyl groups excluding tert-OH is 1. The number of rotatable bonds is 0. The van der Waals surface area contributed by atoms with Crippen LogP contribution in [0.1, 0.15) is 65.2 Å². The largest absolute Gasteiger partial charge is 0.393 e. The van der Waals surface area contributed by atoms with Gasteiger partial charge in [0.1, 0.15) is 0 Å². The Kier molecular flexibility index (Phi) is 3.24. The third-order valence-electron chi connectivity index (χ3n) is 7.97. The minimum Gasteiger partial charge on any atom is -0.393 e. The van der Waals surface area contributed by atoms with E-state index in [0.717, 1.165) is 37.0 Å². The Morgan fingerprint density at radius 2 is 1.86 bits per heavy atom. The van der Waals surface area contributed by atoms with Gasteiger partial charge in [-0.2, -0.15) is 5.10 Å². The maximum Gasteiger partial charge on any atom is 0.0577 e. The Labute approximate surface area is 134 Å². The molecule has 0 radical (unpaired) electrons. The van der Waals surface area contributed by atoms with Crippen LogP contribution in [-0.2, 0) is 0 Å². The van der Waals surface area contributed by atoms with Gasteiger partial charge < -0.3 is 10.9 Å². The van der Waals surface area contributed by atoms with E-state index in [1.165, 1.54) is 37.8 Å². The molecular formula is C19H30N2O. The first-order valence-electron chi connectivity index (χ1n) is 9.14. The van der Waals surface area contributed by atoms with Gasteiger partial charge >= 0.3 is 0 Å². The molecule has 0 spiro atoms. The molecule has 3 heteroatoms. The lowest BCUT2D eigenvalue weighted by Crippen LogP contribution is -2.50. The van der Waals surface area contributed by atoms with Crippen molar-refractivity contribution in [2.45, 2.75) is 71.3 Å². The first-order valence-corrected chi connectivity index (χ1v) is 9.14. The highest BCUT2D eigenvalue weighted by atomic mass is 16.3. The third kappa shape index (κ3) is 1.81. The zero-order chi connectivity index (χ0) is 15.5. The highest BCUT2D eigenvalue weighted by Gasteiger charge is 2.57. The van der Waals surface area contributed by atoms with Crippen molar-refractivity contribution in [3.05, 3.63) is 11.6 Å². The van der Waals surface area contributed by atoms with Crippen molar-refractivity contribution in [3.63, 3.8) is 0 Å². The molecule has 0 aromatic heterocycles. The molecule has 0 aromatic rings. The molecule has 3 N–H and O–H groups in total. The lowest BCUT2D eigenvalue weighted by molar-refractivity contribution is -0.0209. The average Bonchev–Trinajstić information content (AvgIpc) is 2.84. The Morgan fingerprint density at radius 3 is 2.64 bits per heavy atom. The Balaban J connectivity index is 1.69. The van der Waals surface area contributed by atoms with Gasteiger partial charge in [-0.05, 0) is 74.5 Å². The highest BCUT2D eigenvalue weighted by molar-refractivity contribution is 5.92. The summed E-state index contributed by atoms with van der Waals surface area (Å²) in [4.78, 5) is 0. The number of nitrogens with zero attached hydrogens (tertiary/aromatic N) is 1. The molecule has 3 fully saturated rings. The van der Waals surface area contributed by atoms with Crippen LogP contribution in [0.5, 0.6) is 0 Å². The van der Waals surface area contributed by atoms with Crippen molar-refractivity contribution in [2.75, 3.05) is 0 Å². The summed E-state index contributed by atoms with van der Waals surface area (Å²) in [5.41, 5.74) is 3.43. The van der Waals surface area contributed by atoms with E-state index in [1.807, 2.05) is 0 Å². The van der Waals surface area contributed by atoms with E-state index >= 15 is 0 Å². The third-order valence-corrected chi connectivity index (χ3v) is 7.97. The molecule has 3 saturated carbocycles. The summed E-state index contributed by atoms with van der Waals surface area (Å²) in [5, 5.41) is 14.2. The van der Waals surface area contributed by atoms with Crippen LogP contribution in [0, 0.1) is 28.6 Å². The zero-order valence-electron chi connectivity index (χ0n) is 14.0. The molecular weight excluding hydrogens is 272 g/mol. The summed E-state index contributed by atoms with van der Waals surface area (Å²) in [6.45, 7) is 4.90. The fourth-order valence-corrected chi connectivity index (χ4v) is 6.64. The van der Waals surface area contributed by atoms with E-state index in [2.05, 4.69) is 25.0 Å². The quantitative estimate of drug-likeness (QED) is 0.408. The maximum atomic E-state index is 10.0. The van der Waals surface area contributed by atoms with Crippen LogP contribution >= 0.6 is 0 Å². The molecule has 0 unspecified atom stereocenters. The molecule has 6 atom stereocenters. The number of hydrogen-bond donors (Lipinski definition) is 2. The van der Waals surface area contributed by atoms with Crippen LogP contribution in [0.2, 0.25) is 0 Å². The van der Waals surface area contributed by atoms with Gasteiger partial charge in [0.25, 0.3) is 0 Å². The van der Waals surface area contributed by atoms with Crippen LogP contribution in [0.15, 0.2) is 16.8 Å². The Bertz CT molecular complexity index is 540. The molecule has 4 rings (SSSR count). The second-order valence-corrected chi connectivity index (χ2v) is 8.73. The van der Waals surface area contributed by atoms with Crippen LogP contribution in [0.25, 0.3) is 0 Å². The number of fused-ring (bicyclic) bond motifs is 5. The summed E-state index contributed by atoms with van der Waals surface area (Å²) in [7, 11) is 0. The first kappa shape index (κ1) is 14.7. The van der Waals surface area contributed by atoms with Gasteiger partial charge in [0.05, 0.1) is 6.10 Å². The van der Waals surface area contributed by atoms with Crippen LogP contribution in [-0.4, -0.2) is 16.9 Å². The van der Waals surface area contributed by atoms with E-state index in [0.29, 0.717) is 5.41 Å². The number of nitrogens with two attached hydrogens (primary N) is 1. The summed E-state index contributed by atoms with van der Waals surface area (Å²) in [6.07, 6.45) is 11.6. The molecule has 122 valence electrons. The standard InChI is InChI=1S/C19H30N2O/c1-18-9-7-13(22)11-12(18)3-4-14-15-5-6-17(21-20)19(15,2)10-8-16(14)18/h3,13-16,22H,4-11,20H2,1-2H3/b21-17+/t13-,14-,15-,16-,18-,19-/m0/s1. The highest BCUT2D eigenvalue weighted by Crippen LogP contribution is 2.64. The van der Waals surface area contributed by atoms with Crippen molar-refractivity contribution in [1.82, 2.24) is 0 Å². The lowest BCUT2D eigenvalue weighted by atomic mass is 9.48. The van der Waals surface area contributed by atoms with Gasteiger partial charge in [-0.3, -0.25) is 0 Å². The molecule has 4 aliphatic carbocycles. The predicted molar refractivity (Wildman–Crippen MR) is 89.3 cm³/mol. The van der Waals surface area contributed by atoms with Crippen molar-refractivity contribution in [3.8, 4) is 0 Å². The fourth-order valence-electron chi connectivity index (χ4n) is 6.64. The van der Waals surface area contributed by atoms with E-state index < -0.39 is 0 Å².